The number of furan rings is 1. The van der Waals surface area contributed by atoms with Crippen molar-refractivity contribution in [2.75, 3.05) is 0 Å². The Morgan fingerprint density at radius 1 is 0.279 bits per heavy atom. The van der Waals surface area contributed by atoms with Crippen molar-refractivity contribution >= 4 is 54.5 Å². The second-order valence-corrected chi connectivity index (χ2v) is 15.5. The van der Waals surface area contributed by atoms with Gasteiger partial charge in [0.1, 0.15) is 11.2 Å². The molecule has 0 fully saturated rings. The van der Waals surface area contributed by atoms with E-state index >= 15 is 0 Å². The highest BCUT2D eigenvalue weighted by atomic mass is 16.3. The molecule has 0 amide bonds. The third-order valence-electron chi connectivity index (χ3n) is 11.8. The van der Waals surface area contributed by atoms with Crippen LogP contribution in [0.25, 0.3) is 122 Å². The maximum absolute atomic E-state index is 6.61. The fourth-order valence-electron chi connectivity index (χ4n) is 8.99. The molecule has 284 valence electrons. The zero-order chi connectivity index (χ0) is 40.3. The highest BCUT2D eigenvalue weighted by molar-refractivity contribution is 6.27. The maximum atomic E-state index is 6.61. The number of hydrogen-bond donors (Lipinski definition) is 0. The lowest BCUT2D eigenvalue weighted by molar-refractivity contribution is 0.669. The van der Waals surface area contributed by atoms with E-state index in [1.807, 2.05) is 18.2 Å². The van der Waals surface area contributed by atoms with Crippen LogP contribution in [0.15, 0.2) is 217 Å². The van der Waals surface area contributed by atoms with Crippen LogP contribution < -0.4 is 0 Å². The minimum Gasteiger partial charge on any atom is -0.456 e. The molecule has 4 nitrogen and oxygen atoms in total. The van der Waals surface area contributed by atoms with Gasteiger partial charge in [0, 0.05) is 54.6 Å². The quantitative estimate of drug-likeness (QED) is 0.158. The number of fused-ring (bicyclic) bond motifs is 7. The second-order valence-electron chi connectivity index (χ2n) is 15.5. The second kappa shape index (κ2) is 14.3. The summed E-state index contributed by atoms with van der Waals surface area (Å²) in [6, 6.07) is 74.3. The maximum Gasteiger partial charge on any atom is 0.160 e. The lowest BCUT2D eigenvalue weighted by atomic mass is 9.89. The molecule has 0 aliphatic heterocycles. The van der Waals surface area contributed by atoms with Crippen LogP contribution in [0.2, 0.25) is 0 Å². The Balaban J connectivity index is 0.979. The monoisotopic (exact) mass is 777 g/mol. The first-order valence-corrected chi connectivity index (χ1v) is 20.6. The molecule has 0 bridgehead atoms. The van der Waals surface area contributed by atoms with Gasteiger partial charge >= 0.3 is 0 Å². The number of nitrogens with zero attached hydrogens (tertiary/aromatic N) is 3. The summed E-state index contributed by atoms with van der Waals surface area (Å²) in [5.74, 6) is 0.692. The molecule has 61 heavy (non-hydrogen) atoms. The van der Waals surface area contributed by atoms with Crippen LogP contribution >= 0.6 is 0 Å². The molecule has 0 N–H and O–H groups in total. The van der Waals surface area contributed by atoms with Gasteiger partial charge in [0.15, 0.2) is 5.82 Å². The standard InChI is InChI=1S/C57H35N3O/c1-3-15-36(16-4-1)40-19-13-21-42(33-40)55-45-24-8-11-27-49(45)59-57(60-55)39-31-29-37(30-32-39)41-20-14-22-43(34-41)56-47-35-51-54(46-25-9-12-28-50(46)61-51)52(38-17-5-2-6-18-38)53(47)44-23-7-10-26-48(44)58-56/h1-35H. The summed E-state index contributed by atoms with van der Waals surface area (Å²) in [6.45, 7) is 0. The first kappa shape index (κ1) is 34.8. The molecule has 3 heterocycles. The van der Waals surface area contributed by atoms with E-state index in [1.165, 1.54) is 10.9 Å². The molecule has 0 aliphatic carbocycles. The molecule has 12 rings (SSSR count). The Hall–Kier alpha value is -8.21. The van der Waals surface area contributed by atoms with E-state index < -0.39 is 0 Å². The fraction of sp³-hybridized carbons (Fsp3) is 0. The minimum atomic E-state index is 0.692. The summed E-state index contributed by atoms with van der Waals surface area (Å²) in [5.41, 5.74) is 15.3. The van der Waals surface area contributed by atoms with Gasteiger partial charge in [0.2, 0.25) is 0 Å². The molecule has 12 aromatic rings. The topological polar surface area (TPSA) is 51.8 Å². The highest BCUT2D eigenvalue weighted by Gasteiger charge is 2.22. The van der Waals surface area contributed by atoms with Crippen LogP contribution in [0.4, 0.5) is 0 Å². The molecule has 0 saturated heterocycles. The van der Waals surface area contributed by atoms with E-state index in [0.29, 0.717) is 5.82 Å². The molecule has 3 aromatic heterocycles. The van der Waals surface area contributed by atoms with Crippen molar-refractivity contribution < 1.29 is 4.42 Å². The summed E-state index contributed by atoms with van der Waals surface area (Å²) in [7, 11) is 0. The molecule has 9 aromatic carbocycles. The molecule has 0 saturated carbocycles. The van der Waals surface area contributed by atoms with Gasteiger partial charge in [-0.1, -0.05) is 176 Å². The van der Waals surface area contributed by atoms with E-state index in [-0.39, 0.29) is 0 Å². The third kappa shape index (κ3) is 5.96. The molecule has 0 aliphatic rings. The first-order chi connectivity index (χ1) is 30.2. The number of para-hydroxylation sites is 3. The van der Waals surface area contributed by atoms with E-state index in [1.54, 1.807) is 0 Å². The van der Waals surface area contributed by atoms with Crippen LogP contribution in [0.5, 0.6) is 0 Å². The zero-order valence-electron chi connectivity index (χ0n) is 33.0. The van der Waals surface area contributed by atoms with Crippen molar-refractivity contribution in [3.63, 3.8) is 0 Å². The van der Waals surface area contributed by atoms with Gasteiger partial charge in [-0.2, -0.15) is 0 Å². The average molecular weight is 778 g/mol. The van der Waals surface area contributed by atoms with Gasteiger partial charge in [-0.3, -0.25) is 0 Å². The van der Waals surface area contributed by atoms with Crippen LogP contribution in [-0.4, -0.2) is 15.0 Å². The Kier molecular flexibility index (Phi) is 8.13. The third-order valence-corrected chi connectivity index (χ3v) is 11.8. The molecule has 0 radical (unpaired) electrons. The van der Waals surface area contributed by atoms with E-state index in [0.717, 1.165) is 105 Å². The van der Waals surface area contributed by atoms with Crippen molar-refractivity contribution in [1.29, 1.82) is 0 Å². The zero-order valence-corrected chi connectivity index (χ0v) is 33.0. The number of aromatic nitrogens is 3. The van der Waals surface area contributed by atoms with Crippen LogP contribution in [0.3, 0.4) is 0 Å². The Labute approximate surface area is 352 Å². The average Bonchev–Trinajstić information content (AvgIpc) is 3.71. The molecule has 0 atom stereocenters. The van der Waals surface area contributed by atoms with Gasteiger partial charge in [0.25, 0.3) is 0 Å². The minimum absolute atomic E-state index is 0.692. The normalized spacial score (nSPS) is 11.6. The number of rotatable bonds is 6. The summed E-state index contributed by atoms with van der Waals surface area (Å²) in [4.78, 5) is 15.7. The molecule has 0 spiro atoms. The van der Waals surface area contributed by atoms with Crippen molar-refractivity contribution in [3.05, 3.63) is 212 Å². The smallest absolute Gasteiger partial charge is 0.160 e. The Morgan fingerprint density at radius 2 is 0.787 bits per heavy atom. The van der Waals surface area contributed by atoms with E-state index in [4.69, 9.17) is 19.4 Å². The summed E-state index contributed by atoms with van der Waals surface area (Å²) in [5, 5.41) is 6.58. The van der Waals surface area contributed by atoms with Crippen LogP contribution in [0.1, 0.15) is 0 Å². The summed E-state index contributed by atoms with van der Waals surface area (Å²) in [6.07, 6.45) is 0. The molecular weight excluding hydrogens is 743 g/mol. The van der Waals surface area contributed by atoms with E-state index in [9.17, 15) is 0 Å². The number of benzene rings is 9. The lowest BCUT2D eigenvalue weighted by Crippen LogP contribution is -1.95. The predicted octanol–water partition coefficient (Wildman–Crippen LogP) is 15.2. The highest BCUT2D eigenvalue weighted by Crippen LogP contribution is 2.46. The van der Waals surface area contributed by atoms with Crippen molar-refractivity contribution in [2.45, 2.75) is 0 Å². The molecular formula is C57H35N3O. The predicted molar refractivity (Wildman–Crippen MR) is 252 cm³/mol. The van der Waals surface area contributed by atoms with E-state index in [2.05, 4.69) is 194 Å². The van der Waals surface area contributed by atoms with Gasteiger partial charge in [-0.15, -0.1) is 0 Å². The Bertz CT molecular complexity index is 3630. The van der Waals surface area contributed by atoms with Crippen LogP contribution in [-0.2, 0) is 0 Å². The number of hydrogen-bond acceptors (Lipinski definition) is 4. The molecule has 4 heteroatoms. The largest absolute Gasteiger partial charge is 0.456 e. The first-order valence-electron chi connectivity index (χ1n) is 20.6. The van der Waals surface area contributed by atoms with Crippen molar-refractivity contribution in [1.82, 2.24) is 15.0 Å². The Morgan fingerprint density at radius 3 is 1.49 bits per heavy atom. The summed E-state index contributed by atoms with van der Waals surface area (Å²) >= 11 is 0. The van der Waals surface area contributed by atoms with Gasteiger partial charge in [-0.05, 0) is 64.2 Å². The van der Waals surface area contributed by atoms with Crippen molar-refractivity contribution in [2.24, 2.45) is 0 Å². The number of pyridine rings is 1. The lowest BCUT2D eigenvalue weighted by Gasteiger charge is -2.16. The van der Waals surface area contributed by atoms with Crippen molar-refractivity contribution in [3.8, 4) is 67.3 Å². The SMILES string of the molecule is c1ccc(-c2cccc(-c3nc(-c4ccc(-c5cccc(-c6nc7ccccc7c7c(-c8ccccc8)c8c(cc67)oc6ccccc68)c5)cc4)nc4ccccc34)c2)cc1. The fourth-order valence-corrected chi connectivity index (χ4v) is 8.99. The van der Waals surface area contributed by atoms with Crippen LogP contribution in [0, 0.1) is 0 Å². The van der Waals surface area contributed by atoms with Gasteiger partial charge in [0.05, 0.1) is 22.4 Å². The van der Waals surface area contributed by atoms with Gasteiger partial charge < -0.3 is 4.42 Å². The molecule has 0 unspecified atom stereocenters. The summed E-state index contributed by atoms with van der Waals surface area (Å²) < 4.78 is 6.61. The van der Waals surface area contributed by atoms with Gasteiger partial charge in [-0.25, -0.2) is 15.0 Å².